The average Bonchev–Trinajstić information content (AvgIpc) is 2.97. The summed E-state index contributed by atoms with van der Waals surface area (Å²) in [5.74, 6) is 0.473. The van der Waals surface area contributed by atoms with E-state index >= 15 is 0 Å². The Hall–Kier alpha value is -1.41. The molecule has 0 bridgehead atoms. The molecule has 1 aromatic heterocycles. The third-order valence-electron chi connectivity index (χ3n) is 3.31. The lowest BCUT2D eigenvalue weighted by Crippen LogP contribution is -2.34. The number of unbranched alkanes of at least 4 members (excludes halogenated alkanes) is 2. The Balaban J connectivity index is 2.43. The lowest BCUT2D eigenvalue weighted by atomic mass is 10.1. The molecule has 0 radical (unpaired) electrons. The quantitative estimate of drug-likeness (QED) is 0.502. The van der Waals surface area contributed by atoms with Crippen LogP contribution < -0.4 is 4.72 Å². The highest BCUT2D eigenvalue weighted by atomic mass is 32.2. The number of rotatable bonds is 10. The molecule has 0 aliphatic heterocycles. The van der Waals surface area contributed by atoms with E-state index in [2.05, 4.69) is 19.4 Å². The summed E-state index contributed by atoms with van der Waals surface area (Å²) in [7, 11) is -2.04. The fourth-order valence-electron chi connectivity index (χ4n) is 2.05. The van der Waals surface area contributed by atoms with Gasteiger partial charge in [0.2, 0.25) is 10.0 Å². The zero-order valence-corrected chi connectivity index (χ0v) is 14.1. The molecular weight excluding hydrogens is 306 g/mol. The molecule has 22 heavy (non-hydrogen) atoms. The van der Waals surface area contributed by atoms with Crippen LogP contribution in [0.25, 0.3) is 0 Å². The van der Waals surface area contributed by atoms with E-state index < -0.39 is 10.0 Å². The van der Waals surface area contributed by atoms with Crippen LogP contribution in [-0.4, -0.2) is 37.2 Å². The monoisotopic (exact) mass is 331 g/mol. The second-order valence-corrected chi connectivity index (χ2v) is 7.39. The van der Waals surface area contributed by atoms with E-state index in [1.807, 2.05) is 13.8 Å². The van der Waals surface area contributed by atoms with Gasteiger partial charge in [0.25, 0.3) is 0 Å². The molecule has 0 aliphatic carbocycles. The van der Waals surface area contributed by atoms with Crippen LogP contribution in [0.1, 0.15) is 51.4 Å². The number of hydrogen-bond donors (Lipinski definition) is 2. The number of esters is 1. The molecule has 1 rings (SSSR count). The van der Waals surface area contributed by atoms with Crippen LogP contribution >= 0.6 is 0 Å². The highest BCUT2D eigenvalue weighted by Crippen LogP contribution is 2.19. The van der Waals surface area contributed by atoms with E-state index in [-0.39, 0.29) is 23.7 Å². The van der Waals surface area contributed by atoms with Crippen LogP contribution in [0.4, 0.5) is 0 Å². The van der Waals surface area contributed by atoms with Crippen molar-refractivity contribution >= 4 is 16.0 Å². The predicted molar refractivity (Wildman–Crippen MR) is 83.6 cm³/mol. The Morgan fingerprint density at radius 1 is 1.36 bits per heavy atom. The number of nitrogens with one attached hydrogen (secondary N) is 2. The van der Waals surface area contributed by atoms with E-state index in [0.717, 1.165) is 0 Å². The number of sulfonamides is 1. The molecule has 8 heteroatoms. The van der Waals surface area contributed by atoms with Gasteiger partial charge in [0.05, 0.1) is 18.9 Å². The smallest absolute Gasteiger partial charge is 0.305 e. The van der Waals surface area contributed by atoms with E-state index in [0.29, 0.717) is 31.5 Å². The number of imidazole rings is 1. The number of nitrogens with zero attached hydrogens (tertiary/aromatic N) is 1. The summed E-state index contributed by atoms with van der Waals surface area (Å²) < 4.78 is 31.5. The summed E-state index contributed by atoms with van der Waals surface area (Å²) >= 11 is 0. The predicted octanol–water partition coefficient (Wildman–Crippen LogP) is 1.76. The zero-order chi connectivity index (χ0) is 16.6. The second kappa shape index (κ2) is 8.89. The lowest BCUT2D eigenvalue weighted by molar-refractivity contribution is -0.140. The van der Waals surface area contributed by atoms with Gasteiger partial charge >= 0.3 is 5.97 Å². The van der Waals surface area contributed by atoms with Gasteiger partial charge in [0.1, 0.15) is 5.82 Å². The number of hydrogen-bond acceptors (Lipinski definition) is 5. The number of carbonyl (C=O) groups excluding carboxylic acids is 1. The molecule has 0 spiro atoms. The Morgan fingerprint density at radius 2 is 2.09 bits per heavy atom. The summed E-state index contributed by atoms with van der Waals surface area (Å²) in [6.07, 6.45) is 5.41. The molecule has 0 aliphatic rings. The molecule has 0 aromatic carbocycles. The standard InChI is InChI=1S/C14H25N3O4S/c1-11(2)13(14-15-8-9-16-14)17-22(19,20)10-6-4-5-7-12(18)21-3/h8-9,11,13,17H,4-7,10H2,1-3H3,(H,15,16). The first-order valence-corrected chi connectivity index (χ1v) is 9.07. The van der Waals surface area contributed by atoms with Gasteiger partial charge < -0.3 is 9.72 Å². The Labute approximate surface area is 131 Å². The molecule has 2 N–H and O–H groups in total. The van der Waals surface area contributed by atoms with E-state index in [1.165, 1.54) is 7.11 Å². The maximum atomic E-state index is 12.1. The largest absolute Gasteiger partial charge is 0.469 e. The first kappa shape index (κ1) is 18.6. The van der Waals surface area contributed by atoms with Crippen molar-refractivity contribution in [1.29, 1.82) is 0 Å². The van der Waals surface area contributed by atoms with Gasteiger partial charge in [0.15, 0.2) is 0 Å². The fraction of sp³-hybridized carbons (Fsp3) is 0.714. The number of aromatic nitrogens is 2. The third-order valence-corrected chi connectivity index (χ3v) is 4.75. The van der Waals surface area contributed by atoms with Crippen LogP contribution in [0.5, 0.6) is 0 Å². The molecule has 0 amide bonds. The summed E-state index contributed by atoms with van der Waals surface area (Å²) in [6.45, 7) is 3.87. The van der Waals surface area contributed by atoms with Crippen molar-refractivity contribution in [3.63, 3.8) is 0 Å². The molecule has 0 saturated heterocycles. The number of aromatic amines is 1. The minimum absolute atomic E-state index is 0.0398. The number of ether oxygens (including phenoxy) is 1. The van der Waals surface area contributed by atoms with Crippen molar-refractivity contribution in [3.8, 4) is 0 Å². The maximum Gasteiger partial charge on any atom is 0.305 e. The van der Waals surface area contributed by atoms with Gasteiger partial charge in [-0.25, -0.2) is 18.1 Å². The van der Waals surface area contributed by atoms with Crippen molar-refractivity contribution in [1.82, 2.24) is 14.7 Å². The minimum atomic E-state index is -3.38. The minimum Gasteiger partial charge on any atom is -0.469 e. The van der Waals surface area contributed by atoms with Crippen molar-refractivity contribution in [2.24, 2.45) is 5.92 Å². The van der Waals surface area contributed by atoms with Crippen molar-refractivity contribution in [2.45, 2.75) is 45.6 Å². The summed E-state index contributed by atoms with van der Waals surface area (Å²) in [4.78, 5) is 18.0. The zero-order valence-electron chi connectivity index (χ0n) is 13.3. The van der Waals surface area contributed by atoms with Gasteiger partial charge in [0, 0.05) is 18.8 Å². The Kier molecular flexibility index (Phi) is 7.53. The first-order valence-electron chi connectivity index (χ1n) is 7.42. The molecule has 1 atom stereocenters. The van der Waals surface area contributed by atoms with Crippen LogP contribution in [0.2, 0.25) is 0 Å². The van der Waals surface area contributed by atoms with Crippen LogP contribution in [0.15, 0.2) is 12.4 Å². The van der Waals surface area contributed by atoms with E-state index in [9.17, 15) is 13.2 Å². The highest BCUT2D eigenvalue weighted by molar-refractivity contribution is 7.89. The fourth-order valence-corrected chi connectivity index (χ4v) is 3.52. The molecule has 0 fully saturated rings. The van der Waals surface area contributed by atoms with Gasteiger partial charge in [-0.1, -0.05) is 20.3 Å². The number of carbonyl (C=O) groups is 1. The van der Waals surface area contributed by atoms with E-state index in [1.54, 1.807) is 12.4 Å². The first-order chi connectivity index (χ1) is 10.4. The van der Waals surface area contributed by atoms with Gasteiger partial charge in [-0.3, -0.25) is 4.79 Å². The number of H-pyrrole nitrogens is 1. The molecule has 126 valence electrons. The maximum absolute atomic E-state index is 12.1. The Morgan fingerprint density at radius 3 is 2.64 bits per heavy atom. The average molecular weight is 331 g/mol. The normalized spacial score (nSPS) is 13.3. The molecule has 1 aromatic rings. The van der Waals surface area contributed by atoms with E-state index in [4.69, 9.17) is 0 Å². The number of methoxy groups -OCH3 is 1. The lowest BCUT2D eigenvalue weighted by Gasteiger charge is -2.20. The third kappa shape index (κ3) is 6.57. The van der Waals surface area contributed by atoms with Gasteiger partial charge in [-0.2, -0.15) is 0 Å². The summed E-state index contributed by atoms with van der Waals surface area (Å²) in [5, 5.41) is 0. The topological polar surface area (TPSA) is 101 Å². The Bertz CT molecular complexity index is 540. The summed E-state index contributed by atoms with van der Waals surface area (Å²) in [6, 6.07) is -0.366. The molecule has 1 unspecified atom stereocenters. The van der Waals surface area contributed by atoms with Gasteiger partial charge in [-0.15, -0.1) is 0 Å². The molecule has 0 saturated carbocycles. The van der Waals surface area contributed by atoms with Crippen LogP contribution in [0, 0.1) is 5.92 Å². The van der Waals surface area contributed by atoms with Gasteiger partial charge in [-0.05, 0) is 18.8 Å². The van der Waals surface area contributed by atoms with Crippen LogP contribution in [-0.2, 0) is 19.6 Å². The summed E-state index contributed by atoms with van der Waals surface area (Å²) in [5.41, 5.74) is 0. The van der Waals surface area contributed by atoms with Crippen molar-refractivity contribution in [2.75, 3.05) is 12.9 Å². The molecular formula is C14H25N3O4S. The van der Waals surface area contributed by atoms with Crippen LogP contribution in [0.3, 0.4) is 0 Å². The molecule has 7 nitrogen and oxygen atoms in total. The molecule has 1 heterocycles. The van der Waals surface area contributed by atoms with Crippen molar-refractivity contribution in [3.05, 3.63) is 18.2 Å². The van der Waals surface area contributed by atoms with Crippen molar-refractivity contribution < 1.29 is 17.9 Å². The SMILES string of the molecule is COC(=O)CCCCCS(=O)(=O)NC(c1ncc[nH]1)C(C)C. The highest BCUT2D eigenvalue weighted by Gasteiger charge is 2.23. The second-order valence-electron chi connectivity index (χ2n) is 5.52.